The molecule has 3 aliphatic carbocycles. The lowest BCUT2D eigenvalue weighted by atomic mass is 9.58. The van der Waals surface area contributed by atoms with Gasteiger partial charge < -0.3 is 4.74 Å². The van der Waals surface area contributed by atoms with Gasteiger partial charge in [-0.2, -0.15) is 13.4 Å². The molecule has 200 valence electrons. The summed E-state index contributed by atoms with van der Waals surface area (Å²) in [6, 6.07) is 8.78. The van der Waals surface area contributed by atoms with E-state index in [2.05, 4.69) is 48.3 Å². The standard InChI is InChI=1S/C32H37F2N2O2/c1-29-10-8-25-17-24-4-5-26(36(37)15-13-31(33,34)20-36)18-30(24)11-12-32(25,38-30)28(29)7-6-27(29)22-3-2-21-9-14-35-19-23(21)16-22/h2-3,8-9,14,16-17,19,26-28,37H,4-7,10-13,15,18,20H2,1H3/q+1/t26-,27?,28?,29?,30-,32-,36?/m1/s1. The maximum absolute atomic E-state index is 14.2. The lowest BCUT2D eigenvalue weighted by Crippen LogP contribution is -2.59. The van der Waals surface area contributed by atoms with E-state index in [1.54, 1.807) is 0 Å². The van der Waals surface area contributed by atoms with Gasteiger partial charge in [0.15, 0.2) is 6.54 Å². The first-order valence-corrected chi connectivity index (χ1v) is 14.6. The summed E-state index contributed by atoms with van der Waals surface area (Å²) in [5, 5.41) is 13.7. The molecule has 2 aromatic rings. The van der Waals surface area contributed by atoms with Gasteiger partial charge in [-0.05, 0) is 90.0 Å². The van der Waals surface area contributed by atoms with Crippen LogP contribution in [0.4, 0.5) is 8.78 Å². The molecule has 2 saturated carbocycles. The Morgan fingerprint density at radius 1 is 1.08 bits per heavy atom. The molecule has 1 aromatic heterocycles. The normalized spacial score (nSPS) is 44.8. The number of halogens is 2. The molecule has 2 bridgehead atoms. The Morgan fingerprint density at radius 2 is 1.97 bits per heavy atom. The van der Waals surface area contributed by atoms with Gasteiger partial charge >= 0.3 is 5.92 Å². The zero-order valence-electron chi connectivity index (χ0n) is 22.1. The van der Waals surface area contributed by atoms with Crippen molar-refractivity contribution in [3.8, 4) is 0 Å². The number of fused-ring (bicyclic) bond motifs is 2. The molecule has 0 radical (unpaired) electrons. The minimum Gasteiger partial charge on any atom is -0.359 e. The number of hydrogen-bond acceptors (Lipinski definition) is 3. The van der Waals surface area contributed by atoms with Crippen LogP contribution in [0, 0.1) is 11.3 Å². The summed E-state index contributed by atoms with van der Waals surface area (Å²) in [4.78, 5) is 4.35. The van der Waals surface area contributed by atoms with Crippen molar-refractivity contribution in [2.75, 3.05) is 13.1 Å². The van der Waals surface area contributed by atoms with E-state index in [0.717, 1.165) is 44.9 Å². The second kappa shape index (κ2) is 7.52. The third-order valence-corrected chi connectivity index (χ3v) is 11.8. The number of rotatable bonds is 2. The first kappa shape index (κ1) is 23.7. The number of hydrogen-bond donors (Lipinski definition) is 1. The van der Waals surface area contributed by atoms with Crippen LogP contribution in [0.15, 0.2) is 60.0 Å². The first-order valence-electron chi connectivity index (χ1n) is 14.6. The maximum Gasteiger partial charge on any atom is 0.304 e. The van der Waals surface area contributed by atoms with Gasteiger partial charge in [0.25, 0.3) is 0 Å². The number of ether oxygens (including phenoxy) is 1. The van der Waals surface area contributed by atoms with Crippen LogP contribution in [0.1, 0.15) is 76.2 Å². The molecule has 4 heterocycles. The van der Waals surface area contributed by atoms with E-state index in [0.29, 0.717) is 18.3 Å². The zero-order chi connectivity index (χ0) is 26.0. The molecule has 2 spiro atoms. The minimum atomic E-state index is -2.77. The van der Waals surface area contributed by atoms with E-state index in [-0.39, 0.29) is 30.0 Å². The van der Waals surface area contributed by atoms with Crippen LogP contribution in [0.3, 0.4) is 0 Å². The van der Waals surface area contributed by atoms with Gasteiger partial charge in [0.1, 0.15) is 12.6 Å². The van der Waals surface area contributed by atoms with Crippen LogP contribution >= 0.6 is 0 Å². The SMILES string of the molecule is CC12CC=C3C=C4CC[C@@H]([N+]5(O)CCC(F)(F)C5)C[C@]45CC[C@]3(O5)C1CCC2c1ccc2ccncc2c1. The Balaban J connectivity index is 1.13. The van der Waals surface area contributed by atoms with Crippen molar-refractivity contribution in [3.63, 3.8) is 0 Å². The van der Waals surface area contributed by atoms with E-state index in [1.165, 1.54) is 27.5 Å². The van der Waals surface area contributed by atoms with Crippen LogP contribution in [0.25, 0.3) is 10.8 Å². The fourth-order valence-corrected chi connectivity index (χ4v) is 9.89. The minimum absolute atomic E-state index is 0.103. The monoisotopic (exact) mass is 519 g/mol. The van der Waals surface area contributed by atoms with Gasteiger partial charge in [0.05, 0.1) is 17.6 Å². The van der Waals surface area contributed by atoms with Crippen LogP contribution in [-0.2, 0) is 4.74 Å². The molecule has 3 aliphatic heterocycles. The van der Waals surface area contributed by atoms with Gasteiger partial charge in [0, 0.05) is 30.6 Å². The van der Waals surface area contributed by atoms with Crippen molar-refractivity contribution in [1.82, 2.24) is 4.98 Å². The highest BCUT2D eigenvalue weighted by molar-refractivity contribution is 5.82. The van der Waals surface area contributed by atoms with Crippen molar-refractivity contribution in [3.05, 3.63) is 65.5 Å². The van der Waals surface area contributed by atoms with Crippen molar-refractivity contribution >= 4 is 10.8 Å². The van der Waals surface area contributed by atoms with E-state index < -0.39 is 22.7 Å². The Kier molecular flexibility index (Phi) is 4.70. The molecule has 1 N–H and O–H groups in total. The number of allylic oxidation sites excluding steroid dienone is 1. The summed E-state index contributed by atoms with van der Waals surface area (Å²) in [6.45, 7) is 2.17. The van der Waals surface area contributed by atoms with Crippen LogP contribution in [0.5, 0.6) is 0 Å². The van der Waals surface area contributed by atoms with Crippen molar-refractivity contribution < 1.29 is 23.4 Å². The zero-order valence-corrected chi connectivity index (χ0v) is 22.1. The molecule has 6 aliphatic rings. The average Bonchev–Trinajstić information content (AvgIpc) is 3.52. The summed E-state index contributed by atoms with van der Waals surface area (Å²) in [7, 11) is 0. The highest BCUT2D eigenvalue weighted by atomic mass is 19.3. The summed E-state index contributed by atoms with van der Waals surface area (Å²) in [5.41, 5.74) is 3.52. The quantitative estimate of drug-likeness (QED) is 0.431. The molecule has 4 fully saturated rings. The molecule has 1 aromatic carbocycles. The molecule has 8 rings (SSSR count). The third kappa shape index (κ3) is 3.08. The number of quaternary nitrogens is 1. The number of benzene rings is 1. The van der Waals surface area contributed by atoms with Crippen molar-refractivity contribution in [2.24, 2.45) is 11.3 Å². The summed E-state index contributed by atoms with van der Waals surface area (Å²) in [6.07, 6.45) is 16.0. The molecule has 38 heavy (non-hydrogen) atoms. The molecular formula is C32H37F2N2O2+. The number of aromatic nitrogens is 1. The van der Waals surface area contributed by atoms with Crippen LogP contribution < -0.4 is 0 Å². The number of hydroxylamine groups is 3. The smallest absolute Gasteiger partial charge is 0.304 e. The summed E-state index contributed by atoms with van der Waals surface area (Å²) in [5.74, 6) is -1.88. The van der Waals surface area contributed by atoms with Crippen LogP contribution in [-0.4, -0.2) is 51.1 Å². The van der Waals surface area contributed by atoms with E-state index in [1.807, 2.05) is 12.4 Å². The molecule has 0 amide bonds. The molecular weight excluding hydrogens is 482 g/mol. The summed E-state index contributed by atoms with van der Waals surface area (Å²) < 4.78 is 35.2. The predicted octanol–water partition coefficient (Wildman–Crippen LogP) is 7.09. The predicted molar refractivity (Wildman–Crippen MR) is 141 cm³/mol. The molecule has 4 unspecified atom stereocenters. The van der Waals surface area contributed by atoms with E-state index in [4.69, 9.17) is 4.74 Å². The van der Waals surface area contributed by atoms with Gasteiger partial charge in [-0.1, -0.05) is 31.2 Å². The highest BCUT2D eigenvalue weighted by Crippen LogP contribution is 2.69. The van der Waals surface area contributed by atoms with Crippen molar-refractivity contribution in [1.29, 1.82) is 0 Å². The lowest BCUT2D eigenvalue weighted by molar-refractivity contribution is -1.11. The molecule has 6 heteroatoms. The first-order chi connectivity index (χ1) is 18.1. The highest BCUT2D eigenvalue weighted by Gasteiger charge is 2.68. The van der Waals surface area contributed by atoms with Gasteiger partial charge in [0.2, 0.25) is 0 Å². The maximum atomic E-state index is 14.2. The largest absolute Gasteiger partial charge is 0.359 e. The Morgan fingerprint density at radius 3 is 2.82 bits per heavy atom. The van der Waals surface area contributed by atoms with Gasteiger partial charge in [-0.15, -0.1) is 0 Å². The topological polar surface area (TPSA) is 42.4 Å². The molecule has 4 nitrogen and oxygen atoms in total. The Hall–Kier alpha value is -2.15. The number of pyridine rings is 1. The molecule has 2 saturated heterocycles. The van der Waals surface area contributed by atoms with Gasteiger partial charge in [-0.3, -0.25) is 4.98 Å². The van der Waals surface area contributed by atoms with Crippen molar-refractivity contribution in [2.45, 2.75) is 93.8 Å². The van der Waals surface area contributed by atoms with Crippen LogP contribution in [0.2, 0.25) is 0 Å². The number of likely N-dealkylation sites (tertiary alicyclic amines) is 1. The van der Waals surface area contributed by atoms with E-state index >= 15 is 0 Å². The Labute approximate surface area is 222 Å². The third-order valence-electron chi connectivity index (χ3n) is 11.8. The average molecular weight is 520 g/mol. The number of nitrogens with zero attached hydrogens (tertiary/aromatic N) is 2. The fraction of sp³-hybridized carbons (Fsp3) is 0.594. The number of alkyl halides is 2. The summed E-state index contributed by atoms with van der Waals surface area (Å²) >= 11 is 0. The molecule has 7 atom stereocenters. The Bertz CT molecular complexity index is 1400. The lowest BCUT2D eigenvalue weighted by Gasteiger charge is -2.55. The van der Waals surface area contributed by atoms with E-state index in [9.17, 15) is 14.0 Å². The second-order valence-corrected chi connectivity index (χ2v) is 13.6. The fourth-order valence-electron chi connectivity index (χ4n) is 9.89. The second-order valence-electron chi connectivity index (χ2n) is 13.6. The van der Waals surface area contributed by atoms with Gasteiger partial charge in [-0.25, -0.2) is 5.21 Å².